The second kappa shape index (κ2) is 21.2. The third-order valence-corrected chi connectivity index (χ3v) is 9.31. The number of halogens is 1. The predicted octanol–water partition coefficient (Wildman–Crippen LogP) is 6.67. The Morgan fingerprint density at radius 3 is 2.42 bits per heavy atom. The molecule has 0 fully saturated rings. The lowest BCUT2D eigenvalue weighted by Gasteiger charge is -2.28. The molecule has 10 heteroatoms. The quantitative estimate of drug-likeness (QED) is 0.0687. The van der Waals surface area contributed by atoms with Crippen molar-refractivity contribution in [3.05, 3.63) is 83.7 Å². The van der Waals surface area contributed by atoms with Gasteiger partial charge in [-0.1, -0.05) is 62.2 Å². The smallest absolute Gasteiger partial charge is 0.225 e. The number of carbonyl (C=O) groups excluding carboxylic acids is 1. The van der Waals surface area contributed by atoms with Gasteiger partial charge in [0, 0.05) is 49.2 Å². The van der Waals surface area contributed by atoms with Gasteiger partial charge in [0.1, 0.15) is 11.6 Å². The summed E-state index contributed by atoms with van der Waals surface area (Å²) in [4.78, 5) is 14.5. The zero-order valence-corrected chi connectivity index (χ0v) is 29.9. The van der Waals surface area contributed by atoms with Crippen LogP contribution in [0.1, 0.15) is 57.6 Å². The van der Waals surface area contributed by atoms with Crippen LogP contribution in [0.15, 0.2) is 71.6 Å². The summed E-state index contributed by atoms with van der Waals surface area (Å²) in [6, 6.07) is 20.1. The molecule has 5 atom stereocenters. The van der Waals surface area contributed by atoms with Gasteiger partial charge in [-0.25, -0.2) is 4.39 Å². The highest BCUT2D eigenvalue weighted by Gasteiger charge is 2.28. The first-order valence-electron chi connectivity index (χ1n) is 16.9. The molecular formula is C38H54FN3O5S. The summed E-state index contributed by atoms with van der Waals surface area (Å²) >= 11 is 1.55. The van der Waals surface area contributed by atoms with Gasteiger partial charge >= 0.3 is 0 Å². The first-order valence-corrected chi connectivity index (χ1v) is 17.7. The van der Waals surface area contributed by atoms with E-state index in [1.54, 1.807) is 38.1 Å². The number of hydrogen-bond donors (Lipinski definition) is 4. The van der Waals surface area contributed by atoms with E-state index in [0.29, 0.717) is 51.6 Å². The summed E-state index contributed by atoms with van der Waals surface area (Å²) < 4.78 is 34.1. The number of nitrogens with two attached hydrogens (primary N) is 1. The van der Waals surface area contributed by atoms with Gasteiger partial charge in [-0.15, -0.1) is 0 Å². The Hall–Kier alpha value is -2.99. The molecule has 0 radical (unpaired) electrons. The van der Waals surface area contributed by atoms with Gasteiger partial charge in [-0.3, -0.25) is 9.52 Å². The van der Waals surface area contributed by atoms with Crippen molar-refractivity contribution in [1.82, 2.24) is 10.0 Å². The number of methoxy groups -OCH3 is 1. The van der Waals surface area contributed by atoms with Crippen LogP contribution in [0.5, 0.6) is 5.75 Å². The summed E-state index contributed by atoms with van der Waals surface area (Å²) in [5.41, 5.74) is 10.3. The summed E-state index contributed by atoms with van der Waals surface area (Å²) in [5.74, 6) is -0.0895. The van der Waals surface area contributed by atoms with Crippen LogP contribution in [0.25, 0.3) is 11.1 Å². The summed E-state index contributed by atoms with van der Waals surface area (Å²) in [5, 5.41) is 13.7. The molecule has 0 aliphatic carbocycles. The average Bonchev–Trinajstić information content (AvgIpc) is 3.07. The van der Waals surface area contributed by atoms with Gasteiger partial charge in [-0.05, 0) is 86.0 Å². The van der Waals surface area contributed by atoms with Crippen LogP contribution in [0.3, 0.4) is 0 Å². The molecule has 3 aromatic rings. The molecule has 0 aliphatic rings. The zero-order chi connectivity index (χ0) is 34.9. The monoisotopic (exact) mass is 683 g/mol. The SMILES string of the molecule is CCC(C)C(CNSc1ccc(C)cc1)NC(=O)[C@@H](CCC(N)COCc1ccc(-c2ccc(F)cc2)c(OCCCOC)c1)C(C)O. The minimum atomic E-state index is -0.812. The maximum absolute atomic E-state index is 13.5. The number of aliphatic hydroxyl groups is 1. The molecule has 8 nitrogen and oxygen atoms in total. The Balaban J connectivity index is 1.51. The number of nitrogens with one attached hydrogen (secondary N) is 2. The normalized spacial score (nSPS) is 14.6. The van der Waals surface area contributed by atoms with Crippen LogP contribution in [-0.4, -0.2) is 62.7 Å². The first-order chi connectivity index (χ1) is 23.1. The predicted molar refractivity (Wildman–Crippen MR) is 192 cm³/mol. The lowest BCUT2D eigenvalue weighted by molar-refractivity contribution is -0.129. The van der Waals surface area contributed by atoms with E-state index in [0.717, 1.165) is 34.4 Å². The highest BCUT2D eigenvalue weighted by atomic mass is 32.2. The van der Waals surface area contributed by atoms with Gasteiger partial charge in [0.2, 0.25) is 5.91 Å². The Bertz CT molecular complexity index is 1360. The topological polar surface area (TPSA) is 115 Å². The Morgan fingerprint density at radius 1 is 1.02 bits per heavy atom. The number of amides is 1. The van der Waals surface area contributed by atoms with Crippen molar-refractivity contribution in [2.45, 2.75) is 83.1 Å². The highest BCUT2D eigenvalue weighted by molar-refractivity contribution is 7.97. The lowest BCUT2D eigenvalue weighted by atomic mass is 9.92. The zero-order valence-electron chi connectivity index (χ0n) is 29.0. The van der Waals surface area contributed by atoms with Crippen molar-refractivity contribution in [2.75, 3.05) is 33.5 Å². The Morgan fingerprint density at radius 2 is 1.75 bits per heavy atom. The van der Waals surface area contributed by atoms with E-state index in [9.17, 15) is 14.3 Å². The number of aryl methyl sites for hydroxylation is 1. The molecule has 264 valence electrons. The number of hydrogen-bond acceptors (Lipinski definition) is 8. The van der Waals surface area contributed by atoms with E-state index in [4.69, 9.17) is 19.9 Å². The van der Waals surface area contributed by atoms with Crippen molar-refractivity contribution in [3.8, 4) is 16.9 Å². The maximum Gasteiger partial charge on any atom is 0.225 e. The summed E-state index contributed by atoms with van der Waals surface area (Å²) in [7, 11) is 1.65. The van der Waals surface area contributed by atoms with Gasteiger partial charge in [0.25, 0.3) is 0 Å². The maximum atomic E-state index is 13.5. The second-order valence-electron chi connectivity index (χ2n) is 12.5. The summed E-state index contributed by atoms with van der Waals surface area (Å²) in [6.07, 6.45) is 1.81. The third kappa shape index (κ3) is 13.5. The fourth-order valence-electron chi connectivity index (χ4n) is 5.22. The molecule has 48 heavy (non-hydrogen) atoms. The summed E-state index contributed by atoms with van der Waals surface area (Å²) in [6.45, 7) is 10.3. The molecule has 4 unspecified atom stereocenters. The van der Waals surface area contributed by atoms with Gasteiger partial charge < -0.3 is 30.4 Å². The van der Waals surface area contributed by atoms with Gasteiger partial charge in [0.05, 0.1) is 31.8 Å². The van der Waals surface area contributed by atoms with Crippen molar-refractivity contribution in [1.29, 1.82) is 0 Å². The van der Waals surface area contributed by atoms with E-state index in [2.05, 4.69) is 55.1 Å². The van der Waals surface area contributed by atoms with Crippen LogP contribution in [0.4, 0.5) is 4.39 Å². The number of ether oxygens (including phenoxy) is 3. The molecule has 0 aromatic heterocycles. The lowest BCUT2D eigenvalue weighted by Crippen LogP contribution is -2.48. The van der Waals surface area contributed by atoms with Crippen LogP contribution in [0, 0.1) is 24.6 Å². The van der Waals surface area contributed by atoms with Crippen molar-refractivity contribution < 1.29 is 28.5 Å². The van der Waals surface area contributed by atoms with Crippen LogP contribution >= 0.6 is 11.9 Å². The molecule has 5 N–H and O–H groups in total. The standard InChI is InChI=1S/C38H54FN3O5S/c1-6-27(3)36(23-41-48-33-16-8-26(2)9-17-33)42-38(44)34(28(4)43)19-15-32(40)25-46-24-29-10-18-35(30-11-13-31(39)14-12-30)37(22-29)47-21-7-20-45-5/h8-14,16-18,22,27-28,32,34,36,41,43H,6-7,15,19-21,23-25,40H2,1-5H3,(H,42,44)/t27?,28?,32?,34-,36?/m0/s1. The fourth-order valence-corrected chi connectivity index (χ4v) is 5.92. The highest BCUT2D eigenvalue weighted by Crippen LogP contribution is 2.32. The number of carbonyl (C=O) groups is 1. The van der Waals surface area contributed by atoms with Crippen LogP contribution in [-0.2, 0) is 20.9 Å². The molecule has 0 saturated carbocycles. The first kappa shape index (κ1) is 39.4. The average molecular weight is 684 g/mol. The largest absolute Gasteiger partial charge is 0.493 e. The molecule has 3 aromatic carbocycles. The van der Waals surface area contributed by atoms with E-state index in [1.165, 1.54) is 17.7 Å². The molecule has 0 aliphatic heterocycles. The molecular weight excluding hydrogens is 629 g/mol. The fraction of sp³-hybridized carbons (Fsp3) is 0.500. The van der Waals surface area contributed by atoms with Crippen LogP contribution in [0.2, 0.25) is 0 Å². The van der Waals surface area contributed by atoms with E-state index < -0.39 is 12.0 Å². The van der Waals surface area contributed by atoms with Crippen LogP contribution < -0.4 is 20.5 Å². The Kier molecular flexibility index (Phi) is 17.4. The third-order valence-electron chi connectivity index (χ3n) is 8.49. The molecule has 3 rings (SSSR count). The molecule has 1 amide bonds. The number of benzene rings is 3. The Labute approximate surface area is 290 Å². The minimum absolute atomic E-state index is 0.0815. The molecule has 0 bridgehead atoms. The van der Waals surface area contributed by atoms with E-state index >= 15 is 0 Å². The number of aliphatic hydroxyl groups excluding tert-OH is 1. The second-order valence-corrected chi connectivity index (χ2v) is 13.5. The molecule has 0 saturated heterocycles. The van der Waals surface area contributed by atoms with Gasteiger partial charge in [-0.2, -0.15) is 0 Å². The molecule has 0 heterocycles. The van der Waals surface area contributed by atoms with Gasteiger partial charge in [0.15, 0.2) is 0 Å². The molecule has 0 spiro atoms. The van der Waals surface area contributed by atoms with Crippen molar-refractivity contribution in [3.63, 3.8) is 0 Å². The van der Waals surface area contributed by atoms with E-state index in [1.807, 2.05) is 18.2 Å². The van der Waals surface area contributed by atoms with Crippen molar-refractivity contribution >= 4 is 17.9 Å². The number of rotatable bonds is 22. The minimum Gasteiger partial charge on any atom is -0.493 e. The van der Waals surface area contributed by atoms with Crippen molar-refractivity contribution in [2.24, 2.45) is 17.6 Å². The van der Waals surface area contributed by atoms with E-state index in [-0.39, 0.29) is 29.7 Å².